The number of carbonyl (C=O) groups is 3. The Morgan fingerprint density at radius 2 is 1.97 bits per heavy atom. The number of imide groups is 1. The molecule has 10 heteroatoms. The first-order chi connectivity index (χ1) is 15.8. The highest BCUT2D eigenvalue weighted by atomic mass is 19.1. The van der Waals surface area contributed by atoms with Gasteiger partial charge in [-0.3, -0.25) is 29.4 Å². The number of hydrogen-bond acceptors (Lipinski definition) is 6. The summed E-state index contributed by atoms with van der Waals surface area (Å²) in [6.07, 6.45) is 1.37. The molecule has 0 saturated carbocycles. The lowest BCUT2D eigenvalue weighted by Gasteiger charge is -2.36. The quantitative estimate of drug-likeness (QED) is 0.427. The van der Waals surface area contributed by atoms with Gasteiger partial charge in [0, 0.05) is 23.4 Å². The topological polar surface area (TPSA) is 113 Å². The van der Waals surface area contributed by atoms with Gasteiger partial charge in [-0.25, -0.2) is 9.29 Å². The highest BCUT2D eigenvalue weighted by molar-refractivity contribution is 6.26. The predicted molar refractivity (Wildman–Crippen MR) is 114 cm³/mol. The van der Waals surface area contributed by atoms with E-state index < -0.39 is 45.8 Å². The maximum Gasteiger partial charge on any atom is 0.274 e. The van der Waals surface area contributed by atoms with Crippen molar-refractivity contribution in [2.75, 3.05) is 16.8 Å². The fraction of sp³-hybridized carbons (Fsp3) is 0.348. The second-order valence-electron chi connectivity index (χ2n) is 9.01. The van der Waals surface area contributed by atoms with Crippen molar-refractivity contribution in [3.63, 3.8) is 0 Å². The summed E-state index contributed by atoms with van der Waals surface area (Å²) in [6.45, 7) is 2.00. The Labute approximate surface area is 187 Å². The summed E-state index contributed by atoms with van der Waals surface area (Å²) >= 11 is 0. The van der Waals surface area contributed by atoms with Gasteiger partial charge in [0.15, 0.2) is 0 Å². The zero-order valence-corrected chi connectivity index (χ0v) is 17.6. The first kappa shape index (κ1) is 20.0. The predicted octanol–water partition coefficient (Wildman–Crippen LogP) is 2.47. The molecule has 3 saturated heterocycles. The van der Waals surface area contributed by atoms with Crippen molar-refractivity contribution in [3.8, 4) is 0 Å². The van der Waals surface area contributed by atoms with Gasteiger partial charge < -0.3 is 5.32 Å². The third kappa shape index (κ3) is 2.26. The number of amides is 3. The van der Waals surface area contributed by atoms with Crippen LogP contribution < -0.4 is 10.2 Å². The molecule has 0 bridgehead atoms. The van der Waals surface area contributed by atoms with Crippen LogP contribution in [0.1, 0.15) is 24.0 Å². The highest BCUT2D eigenvalue weighted by Gasteiger charge is 2.74. The van der Waals surface area contributed by atoms with E-state index in [1.165, 1.54) is 43.3 Å². The molecule has 4 aliphatic rings. The summed E-state index contributed by atoms with van der Waals surface area (Å²) in [6, 6.07) is 7.88. The van der Waals surface area contributed by atoms with E-state index in [1.54, 1.807) is 0 Å². The van der Waals surface area contributed by atoms with Gasteiger partial charge in [-0.1, -0.05) is 6.07 Å². The van der Waals surface area contributed by atoms with Gasteiger partial charge in [-0.05, 0) is 50.6 Å². The number of rotatable bonds is 2. The van der Waals surface area contributed by atoms with Crippen LogP contribution in [0.4, 0.5) is 21.5 Å². The molecule has 2 aromatic rings. The zero-order valence-electron chi connectivity index (χ0n) is 17.6. The number of anilines is 2. The second-order valence-corrected chi connectivity index (χ2v) is 9.01. The van der Waals surface area contributed by atoms with Crippen molar-refractivity contribution in [1.82, 2.24) is 4.90 Å². The Bertz CT molecular complexity index is 1300. The molecule has 0 radical (unpaired) electrons. The van der Waals surface area contributed by atoms with Crippen LogP contribution in [0.5, 0.6) is 0 Å². The molecular weight excluding hydrogens is 431 g/mol. The van der Waals surface area contributed by atoms with Crippen molar-refractivity contribution in [1.29, 1.82) is 0 Å². The van der Waals surface area contributed by atoms with Crippen molar-refractivity contribution in [3.05, 3.63) is 63.5 Å². The van der Waals surface area contributed by atoms with E-state index in [1.807, 2.05) is 4.90 Å². The molecule has 4 heterocycles. The van der Waals surface area contributed by atoms with Crippen LogP contribution in [0.3, 0.4) is 0 Å². The minimum absolute atomic E-state index is 0.145. The number of nitro groups is 1. The van der Waals surface area contributed by atoms with Crippen LogP contribution in [-0.2, 0) is 19.9 Å². The third-order valence-corrected chi connectivity index (χ3v) is 7.67. The van der Waals surface area contributed by atoms with E-state index in [9.17, 15) is 28.9 Å². The van der Waals surface area contributed by atoms with Crippen LogP contribution in [0.15, 0.2) is 36.4 Å². The van der Waals surface area contributed by atoms with E-state index in [0.717, 1.165) is 11.3 Å². The van der Waals surface area contributed by atoms with Gasteiger partial charge in [-0.15, -0.1) is 0 Å². The van der Waals surface area contributed by atoms with E-state index in [-0.39, 0.29) is 23.0 Å². The number of fused-ring (bicyclic) bond motifs is 7. The molecule has 33 heavy (non-hydrogen) atoms. The van der Waals surface area contributed by atoms with Crippen molar-refractivity contribution in [2.24, 2.45) is 11.8 Å². The summed E-state index contributed by atoms with van der Waals surface area (Å²) in [5.41, 5.74) is -0.550. The number of benzene rings is 2. The molecule has 0 aliphatic carbocycles. The molecule has 6 rings (SSSR count). The molecule has 168 valence electrons. The number of nitro benzene ring substituents is 1. The maximum absolute atomic E-state index is 14.3. The van der Waals surface area contributed by atoms with Crippen LogP contribution in [-0.4, -0.2) is 40.1 Å². The van der Waals surface area contributed by atoms with Crippen LogP contribution in [0, 0.1) is 34.7 Å². The van der Waals surface area contributed by atoms with Crippen LogP contribution in [0.2, 0.25) is 0 Å². The van der Waals surface area contributed by atoms with Crippen molar-refractivity contribution in [2.45, 2.75) is 31.3 Å². The second kappa shape index (κ2) is 6.44. The number of nitrogens with one attached hydrogen (secondary N) is 1. The average Bonchev–Trinajstić information content (AvgIpc) is 3.47. The Balaban J connectivity index is 1.56. The minimum Gasteiger partial charge on any atom is -0.324 e. The number of carbonyl (C=O) groups excluding carboxylic acids is 3. The fourth-order valence-corrected chi connectivity index (χ4v) is 6.46. The Morgan fingerprint density at radius 1 is 1.18 bits per heavy atom. The smallest absolute Gasteiger partial charge is 0.274 e. The van der Waals surface area contributed by atoms with Gasteiger partial charge in [0.1, 0.15) is 11.4 Å². The monoisotopic (exact) mass is 450 g/mol. The van der Waals surface area contributed by atoms with Crippen molar-refractivity contribution < 1.29 is 23.7 Å². The average molecular weight is 450 g/mol. The van der Waals surface area contributed by atoms with E-state index in [4.69, 9.17) is 0 Å². The fourth-order valence-electron chi connectivity index (χ4n) is 6.46. The van der Waals surface area contributed by atoms with Gasteiger partial charge in [0.25, 0.3) is 5.69 Å². The highest BCUT2D eigenvalue weighted by Crippen LogP contribution is 2.60. The molecular formula is C23H19FN4O5. The first-order valence-corrected chi connectivity index (χ1v) is 10.8. The van der Waals surface area contributed by atoms with Gasteiger partial charge in [0.05, 0.1) is 28.0 Å². The molecule has 3 fully saturated rings. The van der Waals surface area contributed by atoms with Gasteiger partial charge in [-0.2, -0.15) is 0 Å². The summed E-state index contributed by atoms with van der Waals surface area (Å²) in [7, 11) is 0. The SMILES string of the molecule is Cc1c(N2C(=O)[C@@H]3[C@@H](C2=O)[C@]2(C(=O)Nc4ccc(F)cc42)N2CCC[C@@H]32)cccc1[N+](=O)[O-]. The molecule has 9 nitrogen and oxygen atoms in total. The molecule has 4 aliphatic heterocycles. The molecule has 1 N–H and O–H groups in total. The molecule has 0 unspecified atom stereocenters. The first-order valence-electron chi connectivity index (χ1n) is 10.8. The molecule has 3 amide bonds. The molecule has 1 spiro atoms. The van der Waals surface area contributed by atoms with Crippen molar-refractivity contribution >= 4 is 34.8 Å². The van der Waals surface area contributed by atoms with Crippen LogP contribution >= 0.6 is 0 Å². The van der Waals surface area contributed by atoms with E-state index in [0.29, 0.717) is 24.2 Å². The molecule has 2 aromatic carbocycles. The zero-order chi connectivity index (χ0) is 23.2. The van der Waals surface area contributed by atoms with Gasteiger partial charge in [0.2, 0.25) is 17.7 Å². The summed E-state index contributed by atoms with van der Waals surface area (Å²) in [5.74, 6) is -3.88. The summed E-state index contributed by atoms with van der Waals surface area (Å²) < 4.78 is 14.3. The lowest BCUT2D eigenvalue weighted by Crippen LogP contribution is -2.54. The van der Waals surface area contributed by atoms with E-state index in [2.05, 4.69) is 5.32 Å². The Morgan fingerprint density at radius 3 is 2.73 bits per heavy atom. The summed E-state index contributed by atoms with van der Waals surface area (Å²) in [4.78, 5) is 54.9. The molecule has 0 aromatic heterocycles. The number of nitrogens with zero attached hydrogens (tertiary/aromatic N) is 3. The largest absolute Gasteiger partial charge is 0.324 e. The third-order valence-electron chi connectivity index (χ3n) is 7.67. The Hall–Kier alpha value is -3.66. The summed E-state index contributed by atoms with van der Waals surface area (Å²) in [5, 5.41) is 14.2. The van der Waals surface area contributed by atoms with Gasteiger partial charge >= 0.3 is 0 Å². The minimum atomic E-state index is -1.49. The number of halogens is 1. The lowest BCUT2D eigenvalue weighted by molar-refractivity contribution is -0.385. The lowest BCUT2D eigenvalue weighted by atomic mass is 9.75. The van der Waals surface area contributed by atoms with Crippen LogP contribution in [0.25, 0.3) is 0 Å². The molecule has 4 atom stereocenters. The van der Waals surface area contributed by atoms with E-state index >= 15 is 0 Å². The normalized spacial score (nSPS) is 30.1. The Kier molecular flexibility index (Phi) is 3.90. The standard InChI is InChI=1S/C23H19FN4O5/c1-11-15(4-2-5-16(11)28(32)33)27-20(29)18-17-6-3-9-26(17)23(19(18)21(27)30)13-10-12(24)7-8-14(13)25-22(23)31/h2,4-5,7-8,10,17-19H,3,6,9H2,1H3,(H,25,31)/t17-,18-,19-,23+/m0/s1. The number of hydrogen-bond donors (Lipinski definition) is 1. The maximum atomic E-state index is 14.3.